The number of nitrogens with zero attached hydrogens (tertiary/aromatic N) is 1. The smallest absolute Gasteiger partial charge is 0.387 e. The zero-order valence-electron chi connectivity index (χ0n) is 14.5. The van der Waals surface area contributed by atoms with Crippen molar-refractivity contribution in [3.05, 3.63) is 23.8 Å². The second kappa shape index (κ2) is 10.4. The average molecular weight is 379 g/mol. The fraction of sp³-hybridized carbons (Fsp3) is 0.588. The molecule has 0 spiro atoms. The lowest BCUT2D eigenvalue weighted by Crippen LogP contribution is -2.40. The first-order valence-corrected chi connectivity index (χ1v) is 8.18. The van der Waals surface area contributed by atoms with Crippen molar-refractivity contribution >= 4 is 18.3 Å². The second-order valence-corrected chi connectivity index (χ2v) is 5.79. The van der Waals surface area contributed by atoms with Crippen LogP contribution in [0, 0.1) is 5.92 Å². The van der Waals surface area contributed by atoms with E-state index >= 15 is 0 Å². The van der Waals surface area contributed by atoms with Crippen LogP contribution in [0.25, 0.3) is 0 Å². The number of likely N-dealkylation sites (tertiary alicyclic amines) is 1. The van der Waals surface area contributed by atoms with Gasteiger partial charge >= 0.3 is 6.61 Å². The first-order valence-electron chi connectivity index (χ1n) is 8.18. The van der Waals surface area contributed by atoms with Gasteiger partial charge in [-0.2, -0.15) is 8.78 Å². The number of halogens is 3. The maximum absolute atomic E-state index is 12.6. The van der Waals surface area contributed by atoms with E-state index in [1.165, 1.54) is 19.2 Å². The van der Waals surface area contributed by atoms with Crippen LogP contribution >= 0.6 is 12.4 Å². The molecule has 0 aliphatic carbocycles. The molecular weight excluding hydrogens is 354 g/mol. The average Bonchev–Trinajstić information content (AvgIpc) is 2.59. The van der Waals surface area contributed by atoms with Gasteiger partial charge in [0.2, 0.25) is 0 Å². The Kier molecular flexibility index (Phi) is 8.92. The molecule has 1 aliphatic heterocycles. The third-order valence-corrected chi connectivity index (χ3v) is 4.21. The van der Waals surface area contributed by atoms with Gasteiger partial charge in [-0.1, -0.05) is 6.92 Å². The number of amides is 1. The summed E-state index contributed by atoms with van der Waals surface area (Å²) in [5, 5.41) is 3.33. The summed E-state index contributed by atoms with van der Waals surface area (Å²) < 4.78 is 34.4. The van der Waals surface area contributed by atoms with Crippen LogP contribution in [0.15, 0.2) is 18.2 Å². The Morgan fingerprint density at radius 1 is 1.32 bits per heavy atom. The van der Waals surface area contributed by atoms with Crippen LogP contribution in [0.2, 0.25) is 0 Å². The lowest BCUT2D eigenvalue weighted by atomic mass is 9.96. The Bertz CT molecular complexity index is 553. The quantitative estimate of drug-likeness (QED) is 0.791. The van der Waals surface area contributed by atoms with E-state index in [0.717, 1.165) is 25.9 Å². The molecule has 1 aromatic carbocycles. The number of hydrogen-bond acceptors (Lipinski definition) is 4. The first kappa shape index (κ1) is 21.4. The summed E-state index contributed by atoms with van der Waals surface area (Å²) in [5.74, 6) is 0.456. The molecule has 0 bridgehead atoms. The first-order chi connectivity index (χ1) is 11.5. The maximum atomic E-state index is 12.6. The molecular formula is C17H25ClF2N2O3. The molecule has 1 aliphatic rings. The largest absolute Gasteiger partial charge is 0.493 e. The molecule has 1 amide bonds. The minimum Gasteiger partial charge on any atom is -0.493 e. The van der Waals surface area contributed by atoms with Crippen molar-refractivity contribution in [2.45, 2.75) is 26.4 Å². The normalized spacial score (nSPS) is 15.0. The van der Waals surface area contributed by atoms with Crippen molar-refractivity contribution in [3.63, 3.8) is 0 Å². The van der Waals surface area contributed by atoms with E-state index in [9.17, 15) is 13.6 Å². The van der Waals surface area contributed by atoms with Gasteiger partial charge in [-0.15, -0.1) is 12.4 Å². The lowest BCUT2D eigenvalue weighted by Gasteiger charge is -2.32. The van der Waals surface area contributed by atoms with Crippen LogP contribution in [0.4, 0.5) is 8.78 Å². The minimum absolute atomic E-state index is 0. The topological polar surface area (TPSA) is 50.8 Å². The number of carbonyl (C=O) groups excluding carboxylic acids is 1. The van der Waals surface area contributed by atoms with Crippen molar-refractivity contribution in [1.29, 1.82) is 0 Å². The standard InChI is InChI=1S/C17H24F2N2O3.ClH/c1-3-20-11-12-6-8-21(9-7-12)16(22)13-4-5-14(23-2)15(10-13)24-17(18)19;/h4-5,10,12,17,20H,3,6-9,11H2,1-2H3;1H. The van der Waals surface area contributed by atoms with Gasteiger partial charge in [-0.3, -0.25) is 4.79 Å². The number of methoxy groups -OCH3 is 1. The highest BCUT2D eigenvalue weighted by Gasteiger charge is 2.24. The number of rotatable bonds is 7. The zero-order chi connectivity index (χ0) is 17.5. The molecule has 142 valence electrons. The van der Waals surface area contributed by atoms with E-state index in [4.69, 9.17) is 4.74 Å². The number of benzene rings is 1. The fourth-order valence-corrected chi connectivity index (χ4v) is 2.87. The van der Waals surface area contributed by atoms with Crippen LogP contribution < -0.4 is 14.8 Å². The fourth-order valence-electron chi connectivity index (χ4n) is 2.87. The van der Waals surface area contributed by atoms with E-state index < -0.39 is 6.61 Å². The number of piperidine rings is 1. The predicted octanol–water partition coefficient (Wildman–Crippen LogP) is 3.18. The van der Waals surface area contributed by atoms with Crippen molar-refractivity contribution in [3.8, 4) is 11.5 Å². The number of ether oxygens (including phenoxy) is 2. The van der Waals surface area contributed by atoms with Crippen LogP contribution in [0.1, 0.15) is 30.1 Å². The molecule has 0 aromatic heterocycles. The molecule has 8 heteroatoms. The van der Waals surface area contributed by atoms with Crippen LogP contribution in [-0.4, -0.2) is 50.7 Å². The Morgan fingerprint density at radius 3 is 2.56 bits per heavy atom. The number of alkyl halides is 2. The van der Waals surface area contributed by atoms with Crippen molar-refractivity contribution < 1.29 is 23.0 Å². The molecule has 1 heterocycles. The lowest BCUT2D eigenvalue weighted by molar-refractivity contribution is -0.0512. The second-order valence-electron chi connectivity index (χ2n) is 5.79. The molecule has 25 heavy (non-hydrogen) atoms. The molecule has 1 saturated heterocycles. The van der Waals surface area contributed by atoms with Crippen LogP contribution in [0.5, 0.6) is 11.5 Å². The molecule has 0 atom stereocenters. The summed E-state index contributed by atoms with van der Waals surface area (Å²) in [6.07, 6.45) is 1.88. The van der Waals surface area contributed by atoms with Crippen molar-refractivity contribution in [2.24, 2.45) is 5.92 Å². The molecule has 0 radical (unpaired) electrons. The van der Waals surface area contributed by atoms with Gasteiger partial charge < -0.3 is 19.7 Å². The summed E-state index contributed by atoms with van der Waals surface area (Å²) in [5.41, 5.74) is 0.330. The van der Waals surface area contributed by atoms with Gasteiger partial charge in [0.25, 0.3) is 5.91 Å². The van der Waals surface area contributed by atoms with Crippen LogP contribution in [0.3, 0.4) is 0 Å². The van der Waals surface area contributed by atoms with E-state index in [1.807, 2.05) is 0 Å². The Hall–Kier alpha value is -1.60. The monoisotopic (exact) mass is 378 g/mol. The molecule has 5 nitrogen and oxygen atoms in total. The van der Waals surface area contributed by atoms with Gasteiger partial charge in [0.05, 0.1) is 7.11 Å². The summed E-state index contributed by atoms with van der Waals surface area (Å²) in [6.45, 7) is 2.36. The van der Waals surface area contributed by atoms with E-state index in [0.29, 0.717) is 24.6 Å². The molecule has 1 N–H and O–H groups in total. The summed E-state index contributed by atoms with van der Waals surface area (Å²) in [7, 11) is 1.37. The molecule has 0 unspecified atom stereocenters. The number of nitrogens with one attached hydrogen (secondary N) is 1. The van der Waals surface area contributed by atoms with E-state index in [1.54, 1.807) is 11.0 Å². The Morgan fingerprint density at radius 2 is 2.00 bits per heavy atom. The van der Waals surface area contributed by atoms with Gasteiger partial charge in [-0.05, 0) is 50.0 Å². The SMILES string of the molecule is CCNCC1CCN(C(=O)c2ccc(OC)c(OC(F)F)c2)CC1.Cl. The highest BCUT2D eigenvalue weighted by molar-refractivity contribution is 5.95. The molecule has 1 fully saturated rings. The minimum atomic E-state index is -2.97. The van der Waals surface area contributed by atoms with Crippen LogP contribution in [-0.2, 0) is 0 Å². The zero-order valence-corrected chi connectivity index (χ0v) is 15.3. The number of carbonyl (C=O) groups is 1. The third-order valence-electron chi connectivity index (χ3n) is 4.21. The van der Waals surface area contributed by atoms with Gasteiger partial charge in [0.15, 0.2) is 11.5 Å². The maximum Gasteiger partial charge on any atom is 0.387 e. The Balaban J connectivity index is 0.00000312. The van der Waals surface area contributed by atoms with Gasteiger partial charge in [0.1, 0.15) is 0 Å². The molecule has 1 aromatic rings. The van der Waals surface area contributed by atoms with E-state index in [2.05, 4.69) is 17.0 Å². The summed E-state index contributed by atoms with van der Waals surface area (Å²) >= 11 is 0. The summed E-state index contributed by atoms with van der Waals surface area (Å²) in [6, 6.07) is 4.37. The van der Waals surface area contributed by atoms with Gasteiger partial charge in [-0.25, -0.2) is 0 Å². The highest BCUT2D eigenvalue weighted by atomic mass is 35.5. The molecule has 2 rings (SSSR count). The predicted molar refractivity (Wildman–Crippen MR) is 94.0 cm³/mol. The molecule has 0 saturated carbocycles. The van der Waals surface area contributed by atoms with Crippen molar-refractivity contribution in [1.82, 2.24) is 10.2 Å². The number of hydrogen-bond donors (Lipinski definition) is 1. The Labute approximate surface area is 153 Å². The van der Waals surface area contributed by atoms with Gasteiger partial charge in [0, 0.05) is 18.7 Å². The van der Waals surface area contributed by atoms with Crippen molar-refractivity contribution in [2.75, 3.05) is 33.3 Å². The third kappa shape index (κ3) is 6.01. The summed E-state index contributed by atoms with van der Waals surface area (Å²) in [4.78, 5) is 14.3. The van der Waals surface area contributed by atoms with E-state index in [-0.39, 0.29) is 29.8 Å². The highest BCUT2D eigenvalue weighted by Crippen LogP contribution is 2.30.